The molecular formula is C24H34N4O5S. The molecule has 4 amide bonds. The van der Waals surface area contributed by atoms with E-state index in [9.17, 15) is 22.8 Å². The molecule has 2 N–H and O–H groups in total. The van der Waals surface area contributed by atoms with Crippen molar-refractivity contribution in [1.29, 1.82) is 0 Å². The molecule has 1 saturated carbocycles. The van der Waals surface area contributed by atoms with Crippen molar-refractivity contribution < 1.29 is 22.8 Å². The second-order valence-electron chi connectivity index (χ2n) is 9.91. The molecule has 2 aliphatic heterocycles. The third-order valence-electron chi connectivity index (χ3n) is 7.60. The summed E-state index contributed by atoms with van der Waals surface area (Å²) in [5.74, 6) is 0.246. The molecule has 3 fully saturated rings. The Kier molecular flexibility index (Phi) is 7.00. The predicted molar refractivity (Wildman–Crippen MR) is 127 cm³/mol. The SMILES string of the molecule is CCC1CCC2(CC1)NC(=O)N(CC(=O)Nc1ccc(S(=O)(=O)N3CCC(C)CC3)cc1)C2=O. The standard InChI is InChI=1S/C24H34N4O5S/c1-3-18-8-12-24(13-9-18)22(30)28(23(31)26-24)16-21(29)25-19-4-6-20(7-5-19)34(32,33)27-14-10-17(2)11-15-27/h4-7,17-18H,3,8-16H2,1-2H3,(H,25,29)(H,26,31). The summed E-state index contributed by atoms with van der Waals surface area (Å²) in [6.07, 6.45) is 5.71. The summed E-state index contributed by atoms with van der Waals surface area (Å²) in [7, 11) is -3.57. The van der Waals surface area contributed by atoms with Crippen molar-refractivity contribution in [1.82, 2.24) is 14.5 Å². The molecule has 0 atom stereocenters. The van der Waals surface area contributed by atoms with Gasteiger partial charge in [0.25, 0.3) is 5.91 Å². The summed E-state index contributed by atoms with van der Waals surface area (Å²) >= 11 is 0. The largest absolute Gasteiger partial charge is 0.325 e. The number of urea groups is 1. The number of imide groups is 1. The minimum atomic E-state index is -3.57. The van der Waals surface area contributed by atoms with Crippen LogP contribution in [0, 0.1) is 11.8 Å². The molecule has 34 heavy (non-hydrogen) atoms. The highest BCUT2D eigenvalue weighted by atomic mass is 32.2. The number of sulfonamides is 1. The lowest BCUT2D eigenvalue weighted by atomic mass is 9.75. The van der Waals surface area contributed by atoms with E-state index in [4.69, 9.17) is 0 Å². The Labute approximate surface area is 201 Å². The van der Waals surface area contributed by atoms with Crippen LogP contribution in [0.1, 0.15) is 58.8 Å². The van der Waals surface area contributed by atoms with Crippen LogP contribution in [0.5, 0.6) is 0 Å². The van der Waals surface area contributed by atoms with Gasteiger partial charge >= 0.3 is 6.03 Å². The smallest absolute Gasteiger partial charge is 0.325 e. The second-order valence-corrected chi connectivity index (χ2v) is 11.9. The zero-order valence-corrected chi connectivity index (χ0v) is 20.7. The van der Waals surface area contributed by atoms with Gasteiger partial charge in [0, 0.05) is 18.8 Å². The molecule has 4 rings (SSSR count). The molecule has 1 spiro atoms. The molecule has 0 bridgehead atoms. The number of anilines is 1. The molecule has 0 radical (unpaired) electrons. The van der Waals surface area contributed by atoms with Gasteiger partial charge in [0.15, 0.2) is 0 Å². The maximum Gasteiger partial charge on any atom is 0.325 e. The molecular weight excluding hydrogens is 456 g/mol. The first kappa shape index (κ1) is 24.7. The van der Waals surface area contributed by atoms with Crippen molar-refractivity contribution in [3.05, 3.63) is 24.3 Å². The molecule has 3 aliphatic rings. The average molecular weight is 491 g/mol. The molecule has 1 aromatic rings. The van der Waals surface area contributed by atoms with E-state index < -0.39 is 27.5 Å². The Bertz CT molecular complexity index is 1040. The van der Waals surface area contributed by atoms with Crippen LogP contribution in [0.15, 0.2) is 29.2 Å². The highest BCUT2D eigenvalue weighted by molar-refractivity contribution is 7.89. The van der Waals surface area contributed by atoms with Crippen LogP contribution < -0.4 is 10.6 Å². The number of nitrogens with one attached hydrogen (secondary N) is 2. The van der Waals surface area contributed by atoms with Crippen molar-refractivity contribution in [2.75, 3.05) is 25.0 Å². The number of carbonyl (C=O) groups is 3. The number of hydrogen-bond acceptors (Lipinski definition) is 5. The van der Waals surface area contributed by atoms with Gasteiger partial charge in [0.05, 0.1) is 4.90 Å². The molecule has 0 aromatic heterocycles. The molecule has 186 valence electrons. The lowest BCUT2D eigenvalue weighted by Crippen LogP contribution is -2.49. The van der Waals surface area contributed by atoms with E-state index in [0.717, 1.165) is 37.0 Å². The van der Waals surface area contributed by atoms with Crippen LogP contribution in [-0.4, -0.2) is 60.6 Å². The third kappa shape index (κ3) is 4.84. The molecule has 2 heterocycles. The van der Waals surface area contributed by atoms with Crippen molar-refractivity contribution >= 4 is 33.6 Å². The Balaban J connectivity index is 1.35. The fourth-order valence-electron chi connectivity index (χ4n) is 5.17. The summed E-state index contributed by atoms with van der Waals surface area (Å²) in [4.78, 5) is 39.2. The number of piperidine rings is 1. The van der Waals surface area contributed by atoms with E-state index in [-0.39, 0.29) is 17.3 Å². The fourth-order valence-corrected chi connectivity index (χ4v) is 6.64. The Morgan fingerprint density at radius 3 is 2.29 bits per heavy atom. The van der Waals surface area contributed by atoms with E-state index in [1.54, 1.807) is 0 Å². The highest BCUT2D eigenvalue weighted by Crippen LogP contribution is 2.37. The van der Waals surface area contributed by atoms with Crippen LogP contribution in [0.25, 0.3) is 0 Å². The van der Waals surface area contributed by atoms with Crippen molar-refractivity contribution in [2.24, 2.45) is 11.8 Å². The summed E-state index contributed by atoms with van der Waals surface area (Å²) in [6.45, 7) is 4.89. The van der Waals surface area contributed by atoms with E-state index in [0.29, 0.717) is 43.5 Å². The molecule has 1 aromatic carbocycles. The van der Waals surface area contributed by atoms with E-state index in [2.05, 4.69) is 24.5 Å². The fraction of sp³-hybridized carbons (Fsp3) is 0.625. The predicted octanol–water partition coefficient (Wildman–Crippen LogP) is 2.94. The molecule has 9 nitrogen and oxygen atoms in total. The highest BCUT2D eigenvalue weighted by Gasteiger charge is 2.52. The van der Waals surface area contributed by atoms with Gasteiger partial charge in [-0.25, -0.2) is 13.2 Å². The Morgan fingerprint density at radius 2 is 1.71 bits per heavy atom. The quantitative estimate of drug-likeness (QED) is 0.595. The van der Waals surface area contributed by atoms with E-state index >= 15 is 0 Å². The van der Waals surface area contributed by atoms with Gasteiger partial charge in [-0.15, -0.1) is 0 Å². The van der Waals surface area contributed by atoms with Gasteiger partial charge in [0.1, 0.15) is 12.1 Å². The van der Waals surface area contributed by atoms with Gasteiger partial charge in [0.2, 0.25) is 15.9 Å². The zero-order valence-electron chi connectivity index (χ0n) is 19.9. The van der Waals surface area contributed by atoms with Gasteiger partial charge < -0.3 is 10.6 Å². The normalized spacial score (nSPS) is 26.6. The lowest BCUT2D eigenvalue weighted by Gasteiger charge is -2.34. The average Bonchev–Trinajstić information content (AvgIpc) is 3.04. The number of rotatable bonds is 6. The maximum absolute atomic E-state index is 13.0. The zero-order chi connectivity index (χ0) is 24.5. The summed E-state index contributed by atoms with van der Waals surface area (Å²) in [5, 5.41) is 5.49. The monoisotopic (exact) mass is 490 g/mol. The summed E-state index contributed by atoms with van der Waals surface area (Å²) < 4.78 is 27.2. The summed E-state index contributed by atoms with van der Waals surface area (Å²) in [5.41, 5.74) is -0.480. The maximum atomic E-state index is 13.0. The second kappa shape index (κ2) is 9.65. The van der Waals surface area contributed by atoms with Crippen molar-refractivity contribution in [3.8, 4) is 0 Å². The van der Waals surface area contributed by atoms with Crippen molar-refractivity contribution in [3.63, 3.8) is 0 Å². The first-order valence-electron chi connectivity index (χ1n) is 12.2. The minimum absolute atomic E-state index is 0.179. The van der Waals surface area contributed by atoms with Crippen LogP contribution in [0.2, 0.25) is 0 Å². The molecule has 10 heteroatoms. The Hall–Kier alpha value is -2.46. The summed E-state index contributed by atoms with van der Waals surface area (Å²) in [6, 6.07) is 5.45. The van der Waals surface area contributed by atoms with Crippen LogP contribution in [-0.2, 0) is 19.6 Å². The topological polar surface area (TPSA) is 116 Å². The number of hydrogen-bond donors (Lipinski definition) is 2. The number of benzene rings is 1. The Morgan fingerprint density at radius 1 is 1.09 bits per heavy atom. The minimum Gasteiger partial charge on any atom is -0.325 e. The first-order valence-corrected chi connectivity index (χ1v) is 13.6. The van der Waals surface area contributed by atoms with Gasteiger partial charge in [-0.2, -0.15) is 4.31 Å². The number of carbonyl (C=O) groups excluding carboxylic acids is 3. The number of amides is 4. The molecule has 2 saturated heterocycles. The van der Waals surface area contributed by atoms with Gasteiger partial charge in [-0.3, -0.25) is 14.5 Å². The van der Waals surface area contributed by atoms with Gasteiger partial charge in [-0.1, -0.05) is 20.3 Å². The van der Waals surface area contributed by atoms with E-state index in [1.807, 2.05) is 0 Å². The molecule has 0 unspecified atom stereocenters. The lowest BCUT2D eigenvalue weighted by molar-refractivity contribution is -0.135. The van der Waals surface area contributed by atoms with Crippen LogP contribution in [0.4, 0.5) is 10.5 Å². The van der Waals surface area contributed by atoms with Crippen molar-refractivity contribution in [2.45, 2.75) is 69.2 Å². The first-order chi connectivity index (χ1) is 16.1. The van der Waals surface area contributed by atoms with Gasteiger partial charge in [-0.05, 0) is 74.6 Å². The van der Waals surface area contributed by atoms with Crippen LogP contribution in [0.3, 0.4) is 0 Å². The van der Waals surface area contributed by atoms with Crippen LogP contribution >= 0.6 is 0 Å². The third-order valence-corrected chi connectivity index (χ3v) is 9.52. The van der Waals surface area contributed by atoms with E-state index in [1.165, 1.54) is 28.6 Å². The molecule has 1 aliphatic carbocycles. The number of nitrogens with zero attached hydrogens (tertiary/aromatic N) is 2.